The number of aromatic amines is 1. The van der Waals surface area contributed by atoms with Gasteiger partial charge < -0.3 is 10.6 Å². The number of nitrogens with one attached hydrogen (secondary N) is 3. The van der Waals surface area contributed by atoms with E-state index in [0.29, 0.717) is 6.54 Å². The molecule has 1 aromatic heterocycles. The largest absolute Gasteiger partial charge is 0.323 e. The molecule has 5 nitrogen and oxygen atoms in total. The third-order valence-corrected chi connectivity index (χ3v) is 2.33. The van der Waals surface area contributed by atoms with Gasteiger partial charge in [0.25, 0.3) is 0 Å². The van der Waals surface area contributed by atoms with E-state index in [-0.39, 0.29) is 11.8 Å². The summed E-state index contributed by atoms with van der Waals surface area (Å²) in [7, 11) is 1.83. The fourth-order valence-corrected chi connectivity index (χ4v) is 1.38. The Kier molecular flexibility index (Phi) is 3.85. The van der Waals surface area contributed by atoms with Crippen molar-refractivity contribution >= 4 is 11.6 Å². The van der Waals surface area contributed by atoms with Gasteiger partial charge in [-0.1, -0.05) is 6.92 Å². The Balaban J connectivity index is 2.66. The number of hydrogen-bond acceptors (Lipinski definition) is 3. The molecule has 84 valence electrons. The van der Waals surface area contributed by atoms with Gasteiger partial charge in [0.15, 0.2) is 0 Å². The summed E-state index contributed by atoms with van der Waals surface area (Å²) in [6, 6.07) is 0. The Labute approximate surface area is 89.6 Å². The molecule has 0 aliphatic rings. The van der Waals surface area contributed by atoms with Crippen LogP contribution in [0.1, 0.15) is 18.3 Å². The first-order valence-electron chi connectivity index (χ1n) is 5.03. The molecule has 0 fully saturated rings. The molecule has 1 atom stereocenters. The van der Waals surface area contributed by atoms with Gasteiger partial charge >= 0.3 is 0 Å². The van der Waals surface area contributed by atoms with Gasteiger partial charge in [-0.25, -0.2) is 0 Å². The molecule has 1 aromatic rings. The van der Waals surface area contributed by atoms with Gasteiger partial charge in [0.1, 0.15) is 0 Å². The zero-order valence-corrected chi connectivity index (χ0v) is 9.64. The van der Waals surface area contributed by atoms with Crippen LogP contribution >= 0.6 is 0 Å². The first-order valence-corrected chi connectivity index (χ1v) is 5.03. The van der Waals surface area contributed by atoms with E-state index in [4.69, 9.17) is 0 Å². The molecule has 0 saturated heterocycles. The molecule has 0 aliphatic heterocycles. The van der Waals surface area contributed by atoms with Crippen LogP contribution in [0.2, 0.25) is 0 Å². The van der Waals surface area contributed by atoms with Crippen LogP contribution < -0.4 is 10.6 Å². The Morgan fingerprint density at radius 2 is 2.20 bits per heavy atom. The highest BCUT2D eigenvalue weighted by atomic mass is 16.1. The predicted molar refractivity (Wildman–Crippen MR) is 59.8 cm³/mol. The van der Waals surface area contributed by atoms with Crippen LogP contribution in [0.4, 0.5) is 5.69 Å². The summed E-state index contributed by atoms with van der Waals surface area (Å²) in [5.74, 6) is -0.0411. The number of H-pyrrole nitrogens is 1. The quantitative estimate of drug-likeness (QED) is 0.689. The molecule has 1 unspecified atom stereocenters. The smallest absolute Gasteiger partial charge is 0.228 e. The Bertz CT molecular complexity index is 326. The molecule has 0 bridgehead atoms. The summed E-state index contributed by atoms with van der Waals surface area (Å²) in [5.41, 5.74) is 2.50. The minimum atomic E-state index is -0.0521. The lowest BCUT2D eigenvalue weighted by molar-refractivity contribution is -0.119. The Morgan fingerprint density at radius 3 is 2.67 bits per heavy atom. The van der Waals surface area contributed by atoms with Crippen LogP contribution in [0.15, 0.2) is 0 Å². The van der Waals surface area contributed by atoms with E-state index in [9.17, 15) is 4.79 Å². The summed E-state index contributed by atoms with van der Waals surface area (Å²) >= 11 is 0. The number of anilines is 1. The maximum Gasteiger partial charge on any atom is 0.228 e. The van der Waals surface area contributed by atoms with Gasteiger partial charge in [-0.15, -0.1) is 0 Å². The molecule has 0 saturated carbocycles. The molecule has 0 aromatic carbocycles. The average molecular weight is 210 g/mol. The van der Waals surface area contributed by atoms with E-state index >= 15 is 0 Å². The van der Waals surface area contributed by atoms with Crippen molar-refractivity contribution in [2.45, 2.75) is 20.8 Å². The number of nitrogens with zero attached hydrogens (tertiary/aromatic N) is 1. The van der Waals surface area contributed by atoms with Gasteiger partial charge in [-0.3, -0.25) is 9.89 Å². The second kappa shape index (κ2) is 4.93. The third-order valence-electron chi connectivity index (χ3n) is 2.33. The maximum atomic E-state index is 11.7. The van der Waals surface area contributed by atoms with E-state index in [0.717, 1.165) is 17.1 Å². The fourth-order valence-electron chi connectivity index (χ4n) is 1.38. The first-order chi connectivity index (χ1) is 7.06. The molecule has 5 heteroatoms. The Hall–Kier alpha value is -1.36. The number of aryl methyl sites for hydroxylation is 2. The molecule has 1 heterocycles. The van der Waals surface area contributed by atoms with E-state index in [1.807, 2.05) is 27.8 Å². The minimum Gasteiger partial charge on any atom is -0.323 e. The molecule has 0 spiro atoms. The summed E-state index contributed by atoms with van der Waals surface area (Å²) in [4.78, 5) is 11.7. The number of amides is 1. The monoisotopic (exact) mass is 210 g/mol. The second-order valence-electron chi connectivity index (χ2n) is 3.76. The van der Waals surface area contributed by atoms with Gasteiger partial charge in [0.05, 0.1) is 17.1 Å². The van der Waals surface area contributed by atoms with Crippen molar-refractivity contribution in [3.8, 4) is 0 Å². The van der Waals surface area contributed by atoms with Crippen molar-refractivity contribution in [3.05, 3.63) is 11.4 Å². The van der Waals surface area contributed by atoms with Crippen LogP contribution in [0.3, 0.4) is 0 Å². The molecule has 1 rings (SSSR count). The molecular weight excluding hydrogens is 192 g/mol. The van der Waals surface area contributed by atoms with Crippen LogP contribution in [-0.4, -0.2) is 29.7 Å². The summed E-state index contributed by atoms with van der Waals surface area (Å²) in [5, 5.41) is 12.7. The molecule has 0 aliphatic carbocycles. The van der Waals surface area contributed by atoms with Crippen molar-refractivity contribution in [1.29, 1.82) is 0 Å². The number of carbonyl (C=O) groups is 1. The zero-order chi connectivity index (χ0) is 11.4. The highest BCUT2D eigenvalue weighted by Gasteiger charge is 2.15. The van der Waals surface area contributed by atoms with Gasteiger partial charge in [0, 0.05) is 12.5 Å². The highest BCUT2D eigenvalue weighted by Crippen LogP contribution is 2.16. The highest BCUT2D eigenvalue weighted by molar-refractivity contribution is 5.93. The number of aromatic nitrogens is 2. The predicted octanol–water partition coefficient (Wildman–Crippen LogP) is 0.821. The standard InChI is InChI=1S/C10H18N4O/c1-6(5-11-4)10(15)12-9-7(2)13-14-8(9)3/h6,11H,5H2,1-4H3,(H,12,15)(H,13,14). The van der Waals surface area contributed by atoms with Crippen molar-refractivity contribution in [3.63, 3.8) is 0 Å². The fraction of sp³-hybridized carbons (Fsp3) is 0.600. The van der Waals surface area contributed by atoms with E-state index in [2.05, 4.69) is 20.8 Å². The second-order valence-corrected chi connectivity index (χ2v) is 3.76. The van der Waals surface area contributed by atoms with Crippen molar-refractivity contribution in [2.24, 2.45) is 5.92 Å². The topological polar surface area (TPSA) is 69.8 Å². The lowest BCUT2D eigenvalue weighted by Crippen LogP contribution is -2.28. The van der Waals surface area contributed by atoms with Crippen LogP contribution in [-0.2, 0) is 4.79 Å². The summed E-state index contributed by atoms with van der Waals surface area (Å²) in [6.45, 7) is 6.30. The van der Waals surface area contributed by atoms with Crippen molar-refractivity contribution < 1.29 is 4.79 Å². The maximum absolute atomic E-state index is 11.7. The lowest BCUT2D eigenvalue weighted by atomic mass is 10.1. The van der Waals surface area contributed by atoms with Gasteiger partial charge in [-0.05, 0) is 20.9 Å². The van der Waals surface area contributed by atoms with Crippen molar-refractivity contribution in [1.82, 2.24) is 15.5 Å². The zero-order valence-electron chi connectivity index (χ0n) is 9.64. The number of rotatable bonds is 4. The normalized spacial score (nSPS) is 12.5. The van der Waals surface area contributed by atoms with Gasteiger partial charge in [-0.2, -0.15) is 5.10 Å². The SMILES string of the molecule is CNCC(C)C(=O)Nc1c(C)n[nH]c1C. The average Bonchev–Trinajstić information content (AvgIpc) is 2.49. The Morgan fingerprint density at radius 1 is 1.53 bits per heavy atom. The van der Waals surface area contributed by atoms with Gasteiger partial charge in [0.2, 0.25) is 5.91 Å². The van der Waals surface area contributed by atoms with Crippen LogP contribution in [0.5, 0.6) is 0 Å². The van der Waals surface area contributed by atoms with Crippen LogP contribution in [0, 0.1) is 19.8 Å². The van der Waals surface area contributed by atoms with E-state index < -0.39 is 0 Å². The molecule has 3 N–H and O–H groups in total. The molecular formula is C10H18N4O. The molecule has 15 heavy (non-hydrogen) atoms. The molecule has 1 amide bonds. The van der Waals surface area contributed by atoms with E-state index in [1.54, 1.807) is 0 Å². The number of carbonyl (C=O) groups excluding carboxylic acids is 1. The minimum absolute atomic E-state index is 0.0111. The summed E-state index contributed by atoms with van der Waals surface area (Å²) < 4.78 is 0. The third kappa shape index (κ3) is 2.79. The summed E-state index contributed by atoms with van der Waals surface area (Å²) in [6.07, 6.45) is 0. The van der Waals surface area contributed by atoms with E-state index in [1.165, 1.54) is 0 Å². The molecule has 0 radical (unpaired) electrons. The first kappa shape index (κ1) is 11.7. The van der Waals surface area contributed by atoms with Crippen LogP contribution in [0.25, 0.3) is 0 Å². The number of hydrogen-bond donors (Lipinski definition) is 3. The lowest BCUT2D eigenvalue weighted by Gasteiger charge is -2.11. The van der Waals surface area contributed by atoms with Crippen molar-refractivity contribution in [2.75, 3.05) is 18.9 Å².